The van der Waals surface area contributed by atoms with Gasteiger partial charge in [-0.3, -0.25) is 4.79 Å². The van der Waals surface area contributed by atoms with Crippen molar-refractivity contribution in [2.24, 2.45) is 0 Å². The number of anilines is 1. The molecule has 0 saturated heterocycles. The van der Waals surface area contributed by atoms with Gasteiger partial charge in [-0.2, -0.15) is 0 Å². The molecule has 0 spiro atoms. The Morgan fingerprint density at radius 1 is 1.47 bits per heavy atom. The number of hydrogen-bond donors (Lipinski definition) is 2. The molecule has 94 valence electrons. The number of benzene rings is 1. The van der Waals surface area contributed by atoms with E-state index in [1.54, 1.807) is 13.8 Å². The summed E-state index contributed by atoms with van der Waals surface area (Å²) >= 11 is 0. The molecule has 3 N–H and O–H groups in total. The molecule has 0 aliphatic rings. The number of nitrogen functional groups attached to an aromatic ring is 1. The maximum atomic E-state index is 11.8. The Balaban J connectivity index is 2.69. The molecule has 0 aliphatic carbocycles. The highest BCUT2D eigenvalue weighted by atomic mass is 16.5. The fourth-order valence-electron chi connectivity index (χ4n) is 1.38. The summed E-state index contributed by atoms with van der Waals surface area (Å²) in [6.07, 6.45) is 0. The molecule has 1 aromatic carbocycles. The lowest BCUT2D eigenvalue weighted by atomic mass is 10.1. The van der Waals surface area contributed by atoms with Crippen molar-refractivity contribution in [1.29, 1.82) is 0 Å². The van der Waals surface area contributed by atoms with E-state index in [1.807, 2.05) is 25.1 Å². The van der Waals surface area contributed by atoms with Gasteiger partial charge in [-0.25, -0.2) is 0 Å². The topological polar surface area (TPSA) is 64.3 Å². The quantitative estimate of drug-likeness (QED) is 0.781. The van der Waals surface area contributed by atoms with Crippen LogP contribution >= 0.6 is 0 Å². The van der Waals surface area contributed by atoms with Crippen LogP contribution in [0.1, 0.15) is 25.0 Å². The van der Waals surface area contributed by atoms with E-state index in [1.165, 1.54) is 7.11 Å². The molecule has 0 heterocycles. The van der Waals surface area contributed by atoms with E-state index in [0.29, 0.717) is 6.54 Å². The predicted molar refractivity (Wildman–Crippen MR) is 68.5 cm³/mol. The Morgan fingerprint density at radius 2 is 2.12 bits per heavy atom. The molecule has 0 radical (unpaired) electrons. The SMILES string of the molecule is COC(C)(C)C(=O)NCc1cccc(N)c1C. The summed E-state index contributed by atoms with van der Waals surface area (Å²) < 4.78 is 5.11. The molecule has 1 aromatic rings. The first-order chi connectivity index (χ1) is 7.88. The fraction of sp³-hybridized carbons (Fsp3) is 0.462. The molecule has 4 nitrogen and oxygen atoms in total. The number of carbonyl (C=O) groups is 1. The summed E-state index contributed by atoms with van der Waals surface area (Å²) in [5.41, 5.74) is 7.75. The second-order valence-corrected chi connectivity index (χ2v) is 4.53. The van der Waals surface area contributed by atoms with E-state index in [4.69, 9.17) is 10.5 Å². The van der Waals surface area contributed by atoms with Gasteiger partial charge in [-0.1, -0.05) is 12.1 Å². The number of nitrogens with one attached hydrogen (secondary N) is 1. The molecular formula is C13H20N2O2. The zero-order valence-electron chi connectivity index (χ0n) is 10.8. The number of rotatable bonds is 4. The molecular weight excluding hydrogens is 216 g/mol. The number of carbonyl (C=O) groups excluding carboxylic acids is 1. The van der Waals surface area contributed by atoms with Gasteiger partial charge in [0, 0.05) is 19.3 Å². The summed E-state index contributed by atoms with van der Waals surface area (Å²) in [7, 11) is 1.52. The molecule has 1 amide bonds. The Hall–Kier alpha value is -1.55. The second-order valence-electron chi connectivity index (χ2n) is 4.53. The van der Waals surface area contributed by atoms with Gasteiger partial charge in [0.05, 0.1) is 0 Å². The molecule has 0 aliphatic heterocycles. The van der Waals surface area contributed by atoms with Crippen LogP contribution in [0.5, 0.6) is 0 Å². The monoisotopic (exact) mass is 236 g/mol. The molecule has 0 unspecified atom stereocenters. The van der Waals surface area contributed by atoms with Crippen LogP contribution in [0.2, 0.25) is 0 Å². The summed E-state index contributed by atoms with van der Waals surface area (Å²) in [5.74, 6) is -0.137. The van der Waals surface area contributed by atoms with E-state index in [2.05, 4.69) is 5.32 Å². The predicted octanol–water partition coefficient (Wildman–Crippen LogP) is 1.62. The van der Waals surface area contributed by atoms with Crippen molar-refractivity contribution >= 4 is 11.6 Å². The van der Waals surface area contributed by atoms with Crippen LogP contribution in [-0.2, 0) is 16.1 Å². The third-order valence-corrected chi connectivity index (χ3v) is 2.98. The van der Waals surface area contributed by atoms with Crippen molar-refractivity contribution in [3.05, 3.63) is 29.3 Å². The molecule has 0 bridgehead atoms. The van der Waals surface area contributed by atoms with E-state index >= 15 is 0 Å². The Morgan fingerprint density at radius 3 is 2.71 bits per heavy atom. The van der Waals surface area contributed by atoms with Crippen LogP contribution in [-0.4, -0.2) is 18.6 Å². The highest BCUT2D eigenvalue weighted by Gasteiger charge is 2.26. The molecule has 17 heavy (non-hydrogen) atoms. The van der Waals surface area contributed by atoms with Crippen molar-refractivity contribution < 1.29 is 9.53 Å². The van der Waals surface area contributed by atoms with E-state index in [-0.39, 0.29) is 5.91 Å². The molecule has 1 rings (SSSR count). The van der Waals surface area contributed by atoms with Crippen LogP contribution in [0, 0.1) is 6.92 Å². The highest BCUT2D eigenvalue weighted by molar-refractivity contribution is 5.84. The van der Waals surface area contributed by atoms with E-state index in [9.17, 15) is 4.79 Å². The van der Waals surface area contributed by atoms with Crippen molar-refractivity contribution in [3.8, 4) is 0 Å². The summed E-state index contributed by atoms with van der Waals surface area (Å²) in [6, 6.07) is 5.68. The Kier molecular flexibility index (Phi) is 4.12. The lowest BCUT2D eigenvalue weighted by Gasteiger charge is -2.22. The smallest absolute Gasteiger partial charge is 0.251 e. The fourth-order valence-corrected chi connectivity index (χ4v) is 1.38. The average molecular weight is 236 g/mol. The molecule has 0 atom stereocenters. The van der Waals surface area contributed by atoms with Crippen LogP contribution < -0.4 is 11.1 Å². The van der Waals surface area contributed by atoms with Crippen molar-refractivity contribution in [2.75, 3.05) is 12.8 Å². The maximum Gasteiger partial charge on any atom is 0.251 e. The molecule has 0 saturated carbocycles. The van der Waals surface area contributed by atoms with E-state index in [0.717, 1.165) is 16.8 Å². The number of nitrogens with two attached hydrogens (primary N) is 1. The normalized spacial score (nSPS) is 11.3. The Labute approximate surface area is 102 Å². The van der Waals surface area contributed by atoms with Crippen molar-refractivity contribution in [1.82, 2.24) is 5.32 Å². The van der Waals surface area contributed by atoms with Crippen LogP contribution in [0.15, 0.2) is 18.2 Å². The summed E-state index contributed by atoms with van der Waals surface area (Å²) in [6.45, 7) is 5.86. The largest absolute Gasteiger partial charge is 0.399 e. The number of hydrogen-bond acceptors (Lipinski definition) is 3. The Bertz CT molecular complexity index is 414. The van der Waals surface area contributed by atoms with Gasteiger partial charge in [-0.15, -0.1) is 0 Å². The van der Waals surface area contributed by atoms with Gasteiger partial charge in [0.2, 0.25) is 0 Å². The number of methoxy groups -OCH3 is 1. The molecule has 0 fully saturated rings. The summed E-state index contributed by atoms with van der Waals surface area (Å²) in [5, 5.41) is 2.84. The molecule has 0 aromatic heterocycles. The van der Waals surface area contributed by atoms with Crippen LogP contribution in [0.3, 0.4) is 0 Å². The van der Waals surface area contributed by atoms with Crippen molar-refractivity contribution in [3.63, 3.8) is 0 Å². The second kappa shape index (κ2) is 5.19. The third kappa shape index (κ3) is 3.20. The third-order valence-electron chi connectivity index (χ3n) is 2.98. The minimum Gasteiger partial charge on any atom is -0.399 e. The van der Waals surface area contributed by atoms with Crippen molar-refractivity contribution in [2.45, 2.75) is 32.9 Å². The molecule has 4 heteroatoms. The minimum atomic E-state index is -0.811. The van der Waals surface area contributed by atoms with Gasteiger partial charge < -0.3 is 15.8 Å². The number of ether oxygens (including phenoxy) is 1. The van der Waals surface area contributed by atoms with Crippen LogP contribution in [0.4, 0.5) is 5.69 Å². The van der Waals surface area contributed by atoms with Gasteiger partial charge in [-0.05, 0) is 38.0 Å². The van der Waals surface area contributed by atoms with Gasteiger partial charge in [0.1, 0.15) is 5.60 Å². The number of amides is 1. The first-order valence-corrected chi connectivity index (χ1v) is 5.56. The minimum absolute atomic E-state index is 0.137. The summed E-state index contributed by atoms with van der Waals surface area (Å²) in [4.78, 5) is 11.8. The van der Waals surface area contributed by atoms with Gasteiger partial charge in [0.15, 0.2) is 0 Å². The van der Waals surface area contributed by atoms with Gasteiger partial charge >= 0.3 is 0 Å². The first kappa shape index (κ1) is 13.5. The van der Waals surface area contributed by atoms with Crippen LogP contribution in [0.25, 0.3) is 0 Å². The van der Waals surface area contributed by atoms with Gasteiger partial charge in [0.25, 0.3) is 5.91 Å². The zero-order valence-corrected chi connectivity index (χ0v) is 10.8. The maximum absolute atomic E-state index is 11.8. The standard InChI is InChI=1S/C13H20N2O2/c1-9-10(6-5-7-11(9)14)8-15-12(16)13(2,3)17-4/h5-7H,8,14H2,1-4H3,(H,15,16). The lowest BCUT2D eigenvalue weighted by molar-refractivity contribution is -0.139. The van der Waals surface area contributed by atoms with E-state index < -0.39 is 5.60 Å². The lowest BCUT2D eigenvalue weighted by Crippen LogP contribution is -2.43. The first-order valence-electron chi connectivity index (χ1n) is 5.56. The highest BCUT2D eigenvalue weighted by Crippen LogP contribution is 2.15. The average Bonchev–Trinajstić information content (AvgIpc) is 2.30. The zero-order chi connectivity index (χ0) is 13.1.